The molecule has 0 spiro atoms. The number of rotatable bonds is 6. The fourth-order valence-corrected chi connectivity index (χ4v) is 1.87. The SMILES string of the molecule is CC(C)C(C)(O)CNCCC(=O)N1CCCC1. The van der Waals surface area contributed by atoms with Gasteiger partial charge in [-0.1, -0.05) is 13.8 Å². The number of amides is 1. The van der Waals surface area contributed by atoms with Gasteiger partial charge in [0.05, 0.1) is 5.60 Å². The summed E-state index contributed by atoms with van der Waals surface area (Å²) in [6.07, 6.45) is 2.82. The minimum Gasteiger partial charge on any atom is -0.389 e. The second-order valence-corrected chi connectivity index (χ2v) is 5.53. The Labute approximate surface area is 104 Å². The van der Waals surface area contributed by atoms with E-state index < -0.39 is 5.60 Å². The molecule has 1 aliphatic rings. The zero-order valence-electron chi connectivity index (χ0n) is 11.3. The lowest BCUT2D eigenvalue weighted by molar-refractivity contribution is -0.130. The maximum absolute atomic E-state index is 11.7. The molecule has 1 aliphatic heterocycles. The summed E-state index contributed by atoms with van der Waals surface area (Å²) in [7, 11) is 0. The molecule has 1 saturated heterocycles. The van der Waals surface area contributed by atoms with Crippen molar-refractivity contribution in [2.75, 3.05) is 26.2 Å². The van der Waals surface area contributed by atoms with Crippen LogP contribution in [0.15, 0.2) is 0 Å². The first-order chi connectivity index (χ1) is 7.93. The first-order valence-electron chi connectivity index (χ1n) is 6.64. The van der Waals surface area contributed by atoms with Crippen LogP contribution in [0.5, 0.6) is 0 Å². The maximum atomic E-state index is 11.7. The van der Waals surface area contributed by atoms with E-state index in [2.05, 4.69) is 5.32 Å². The van der Waals surface area contributed by atoms with Crippen molar-refractivity contribution in [1.82, 2.24) is 10.2 Å². The molecule has 0 bridgehead atoms. The van der Waals surface area contributed by atoms with Gasteiger partial charge in [0.15, 0.2) is 0 Å². The Kier molecular flexibility index (Phi) is 5.40. The summed E-state index contributed by atoms with van der Waals surface area (Å²) >= 11 is 0. The minimum absolute atomic E-state index is 0.212. The average molecular weight is 242 g/mol. The summed E-state index contributed by atoms with van der Waals surface area (Å²) < 4.78 is 0. The molecule has 2 N–H and O–H groups in total. The van der Waals surface area contributed by atoms with Crippen LogP contribution < -0.4 is 5.32 Å². The number of nitrogens with zero attached hydrogens (tertiary/aromatic N) is 1. The summed E-state index contributed by atoms with van der Waals surface area (Å²) in [4.78, 5) is 13.7. The van der Waals surface area contributed by atoms with Crippen LogP contribution in [-0.4, -0.2) is 47.7 Å². The topological polar surface area (TPSA) is 52.6 Å². The molecule has 0 aromatic heterocycles. The van der Waals surface area contributed by atoms with Gasteiger partial charge in [-0.25, -0.2) is 0 Å². The highest BCUT2D eigenvalue weighted by Crippen LogP contribution is 2.14. The predicted molar refractivity (Wildman–Crippen MR) is 68.8 cm³/mol. The fraction of sp³-hybridized carbons (Fsp3) is 0.923. The average Bonchev–Trinajstić information content (AvgIpc) is 2.77. The first kappa shape index (κ1) is 14.5. The van der Waals surface area contributed by atoms with Gasteiger partial charge in [0, 0.05) is 32.6 Å². The lowest BCUT2D eigenvalue weighted by Gasteiger charge is -2.28. The Balaban J connectivity index is 2.13. The van der Waals surface area contributed by atoms with E-state index in [4.69, 9.17) is 0 Å². The zero-order chi connectivity index (χ0) is 12.9. The lowest BCUT2D eigenvalue weighted by atomic mass is 9.92. The van der Waals surface area contributed by atoms with Gasteiger partial charge in [0.25, 0.3) is 0 Å². The van der Waals surface area contributed by atoms with Gasteiger partial charge in [-0.05, 0) is 25.7 Å². The Morgan fingerprint density at radius 3 is 2.53 bits per heavy atom. The smallest absolute Gasteiger partial charge is 0.223 e. The molecule has 1 unspecified atom stereocenters. The Hall–Kier alpha value is -0.610. The van der Waals surface area contributed by atoms with Gasteiger partial charge in [-0.2, -0.15) is 0 Å². The van der Waals surface area contributed by atoms with Crippen LogP contribution in [0, 0.1) is 5.92 Å². The van der Waals surface area contributed by atoms with E-state index >= 15 is 0 Å². The van der Waals surface area contributed by atoms with E-state index in [0.29, 0.717) is 19.5 Å². The largest absolute Gasteiger partial charge is 0.389 e. The van der Waals surface area contributed by atoms with Crippen LogP contribution in [0.25, 0.3) is 0 Å². The summed E-state index contributed by atoms with van der Waals surface area (Å²) in [5.74, 6) is 0.448. The Morgan fingerprint density at radius 1 is 1.41 bits per heavy atom. The molecule has 0 aromatic carbocycles. The highest BCUT2D eigenvalue weighted by Gasteiger charge is 2.24. The molecule has 1 heterocycles. The van der Waals surface area contributed by atoms with Gasteiger partial charge < -0.3 is 15.3 Å². The summed E-state index contributed by atoms with van der Waals surface area (Å²) in [5, 5.41) is 13.2. The number of likely N-dealkylation sites (tertiary alicyclic amines) is 1. The standard InChI is InChI=1S/C13H26N2O2/c1-11(2)13(3,17)10-14-7-6-12(16)15-8-4-5-9-15/h11,14,17H,4-10H2,1-3H3. The van der Waals surface area contributed by atoms with Crippen molar-refractivity contribution >= 4 is 5.91 Å². The van der Waals surface area contributed by atoms with E-state index in [1.54, 1.807) is 0 Å². The van der Waals surface area contributed by atoms with Gasteiger partial charge >= 0.3 is 0 Å². The van der Waals surface area contributed by atoms with Gasteiger partial charge in [-0.15, -0.1) is 0 Å². The van der Waals surface area contributed by atoms with Crippen LogP contribution in [0.3, 0.4) is 0 Å². The highest BCUT2D eigenvalue weighted by atomic mass is 16.3. The molecule has 1 atom stereocenters. The van der Waals surface area contributed by atoms with Crippen molar-refractivity contribution in [3.63, 3.8) is 0 Å². The summed E-state index contributed by atoms with van der Waals surface area (Å²) in [5.41, 5.74) is -0.698. The monoisotopic (exact) mass is 242 g/mol. The molecule has 4 heteroatoms. The number of hydrogen-bond donors (Lipinski definition) is 2. The predicted octanol–water partition coefficient (Wildman–Crippen LogP) is 0.995. The van der Waals surface area contributed by atoms with Crippen molar-refractivity contribution in [3.05, 3.63) is 0 Å². The van der Waals surface area contributed by atoms with Gasteiger partial charge in [0.2, 0.25) is 5.91 Å². The molecular formula is C13H26N2O2. The van der Waals surface area contributed by atoms with Crippen LogP contribution in [0.1, 0.15) is 40.0 Å². The second kappa shape index (κ2) is 6.36. The van der Waals surface area contributed by atoms with E-state index in [1.165, 1.54) is 0 Å². The lowest BCUT2D eigenvalue weighted by Crippen LogP contribution is -2.43. The Morgan fingerprint density at radius 2 is 2.00 bits per heavy atom. The minimum atomic E-state index is -0.698. The van der Waals surface area contributed by atoms with Crippen molar-refractivity contribution < 1.29 is 9.90 Å². The van der Waals surface area contributed by atoms with E-state index in [9.17, 15) is 9.90 Å². The molecule has 4 nitrogen and oxygen atoms in total. The third-order valence-corrected chi connectivity index (χ3v) is 3.70. The quantitative estimate of drug-likeness (QED) is 0.683. The van der Waals surface area contributed by atoms with Crippen LogP contribution >= 0.6 is 0 Å². The van der Waals surface area contributed by atoms with Crippen molar-refractivity contribution in [1.29, 1.82) is 0 Å². The Bertz CT molecular complexity index is 246. The zero-order valence-corrected chi connectivity index (χ0v) is 11.3. The van der Waals surface area contributed by atoms with E-state index in [-0.39, 0.29) is 11.8 Å². The van der Waals surface area contributed by atoms with Crippen LogP contribution in [0.4, 0.5) is 0 Å². The van der Waals surface area contributed by atoms with Crippen LogP contribution in [0.2, 0.25) is 0 Å². The normalized spacial score (nSPS) is 19.7. The number of aliphatic hydroxyl groups is 1. The second-order valence-electron chi connectivity index (χ2n) is 5.53. The number of carbonyl (C=O) groups is 1. The molecule has 1 rings (SSSR count). The molecule has 0 radical (unpaired) electrons. The fourth-order valence-electron chi connectivity index (χ4n) is 1.87. The molecular weight excluding hydrogens is 216 g/mol. The van der Waals surface area contributed by atoms with Crippen molar-refractivity contribution in [2.45, 2.75) is 45.6 Å². The molecule has 1 fully saturated rings. The maximum Gasteiger partial charge on any atom is 0.223 e. The third-order valence-electron chi connectivity index (χ3n) is 3.70. The molecule has 17 heavy (non-hydrogen) atoms. The molecule has 0 aromatic rings. The molecule has 1 amide bonds. The summed E-state index contributed by atoms with van der Waals surface area (Å²) in [6, 6.07) is 0. The van der Waals surface area contributed by atoms with Crippen molar-refractivity contribution in [3.8, 4) is 0 Å². The van der Waals surface area contributed by atoms with Crippen LogP contribution in [-0.2, 0) is 4.79 Å². The number of hydrogen-bond acceptors (Lipinski definition) is 3. The van der Waals surface area contributed by atoms with Gasteiger partial charge in [0.1, 0.15) is 0 Å². The number of carbonyl (C=O) groups excluding carboxylic acids is 1. The molecule has 100 valence electrons. The first-order valence-corrected chi connectivity index (χ1v) is 6.64. The number of nitrogens with one attached hydrogen (secondary N) is 1. The molecule has 0 aliphatic carbocycles. The molecule has 0 saturated carbocycles. The van der Waals surface area contributed by atoms with Gasteiger partial charge in [-0.3, -0.25) is 4.79 Å². The van der Waals surface area contributed by atoms with E-state index in [1.807, 2.05) is 25.7 Å². The highest BCUT2D eigenvalue weighted by molar-refractivity contribution is 5.76. The summed E-state index contributed by atoms with van der Waals surface area (Å²) in [6.45, 7) is 8.85. The van der Waals surface area contributed by atoms with Crippen molar-refractivity contribution in [2.24, 2.45) is 5.92 Å². The third kappa shape index (κ3) is 4.64. The van der Waals surface area contributed by atoms with E-state index in [0.717, 1.165) is 25.9 Å².